The second kappa shape index (κ2) is 5.41. The molecule has 0 radical (unpaired) electrons. The summed E-state index contributed by atoms with van der Waals surface area (Å²) in [5.41, 5.74) is 2.11. The van der Waals surface area contributed by atoms with Crippen molar-refractivity contribution >= 4 is 23.1 Å². The minimum Gasteiger partial charge on any atom is -0.355 e. The van der Waals surface area contributed by atoms with E-state index >= 15 is 0 Å². The average molecular weight is 278 g/mol. The molecule has 0 saturated heterocycles. The zero-order chi connectivity index (χ0) is 13.2. The quantitative estimate of drug-likeness (QED) is 0.751. The number of hydrogen-bond acceptors (Lipinski definition) is 2. The Hall–Kier alpha value is -1.22. The predicted molar refractivity (Wildman–Crippen MR) is 80.0 cm³/mol. The van der Waals surface area contributed by atoms with Gasteiger partial charge >= 0.3 is 0 Å². The topological polar surface area (TPSA) is 20.5 Å². The first-order chi connectivity index (χ1) is 9.33. The number of aromatic nitrogens is 2. The van der Waals surface area contributed by atoms with Crippen molar-refractivity contribution in [3.63, 3.8) is 0 Å². The van der Waals surface area contributed by atoms with Crippen LogP contribution in [0, 0.1) is 5.92 Å². The predicted octanol–water partition coefficient (Wildman–Crippen LogP) is 3.70. The van der Waals surface area contributed by atoms with Gasteiger partial charge in [0, 0.05) is 19.3 Å². The number of anilines is 1. The number of halogens is 1. The molecule has 4 heteroatoms. The Morgan fingerprint density at radius 2 is 2.26 bits per heavy atom. The zero-order valence-electron chi connectivity index (χ0n) is 11.3. The Morgan fingerprint density at radius 3 is 2.95 bits per heavy atom. The van der Waals surface area contributed by atoms with Crippen molar-refractivity contribution in [2.24, 2.45) is 5.92 Å². The first kappa shape index (κ1) is 12.8. The summed E-state index contributed by atoms with van der Waals surface area (Å²) in [4.78, 5) is 7.21. The van der Waals surface area contributed by atoms with Gasteiger partial charge in [-0.2, -0.15) is 0 Å². The average Bonchev–Trinajstić information content (AvgIpc) is 3.16. The molecule has 0 amide bonds. The van der Waals surface area contributed by atoms with Gasteiger partial charge in [-0.15, -0.1) is 11.6 Å². The fraction of sp³-hybridized carbons (Fsp3) is 0.533. The molecule has 1 aliphatic carbocycles. The zero-order valence-corrected chi connectivity index (χ0v) is 12.1. The van der Waals surface area contributed by atoms with Crippen molar-refractivity contribution in [3.05, 3.63) is 30.1 Å². The third-order valence-electron chi connectivity index (χ3n) is 3.70. The largest absolute Gasteiger partial charge is 0.355 e. The molecule has 1 aliphatic rings. The van der Waals surface area contributed by atoms with Crippen LogP contribution in [0.2, 0.25) is 0 Å². The summed E-state index contributed by atoms with van der Waals surface area (Å²) < 4.78 is 2.11. The minimum atomic E-state index is 0.505. The summed E-state index contributed by atoms with van der Waals surface area (Å²) in [5, 5.41) is 0. The normalized spacial score (nSPS) is 15.1. The Morgan fingerprint density at radius 1 is 1.42 bits per heavy atom. The maximum absolute atomic E-state index is 6.16. The highest BCUT2D eigenvalue weighted by molar-refractivity contribution is 6.17. The Balaban J connectivity index is 2.00. The van der Waals surface area contributed by atoms with E-state index in [1.54, 1.807) is 0 Å². The molecule has 0 unspecified atom stereocenters. The lowest BCUT2D eigenvalue weighted by Crippen LogP contribution is -2.27. The number of fused-ring (bicyclic) bond motifs is 1. The molecule has 3 nitrogen and oxygen atoms in total. The van der Waals surface area contributed by atoms with Crippen molar-refractivity contribution in [2.75, 3.05) is 18.0 Å². The molecule has 0 aromatic carbocycles. The van der Waals surface area contributed by atoms with Crippen LogP contribution in [0.25, 0.3) is 5.65 Å². The second-order valence-electron chi connectivity index (χ2n) is 5.33. The Labute approximate surface area is 119 Å². The van der Waals surface area contributed by atoms with Crippen LogP contribution in [-0.4, -0.2) is 22.5 Å². The van der Waals surface area contributed by atoms with Crippen LogP contribution in [0.4, 0.5) is 5.82 Å². The van der Waals surface area contributed by atoms with Crippen LogP contribution in [0.1, 0.15) is 31.9 Å². The van der Waals surface area contributed by atoms with Gasteiger partial charge in [-0.1, -0.05) is 13.0 Å². The lowest BCUT2D eigenvalue weighted by molar-refractivity contribution is 0.698. The van der Waals surface area contributed by atoms with Crippen molar-refractivity contribution in [1.29, 1.82) is 0 Å². The Kier molecular flexibility index (Phi) is 3.65. The Bertz CT molecular complexity index is 560. The fourth-order valence-corrected chi connectivity index (χ4v) is 2.83. The van der Waals surface area contributed by atoms with Gasteiger partial charge in [0.05, 0.1) is 11.6 Å². The highest BCUT2D eigenvalue weighted by atomic mass is 35.5. The molecule has 1 fully saturated rings. The maximum atomic E-state index is 6.16. The van der Waals surface area contributed by atoms with E-state index < -0.39 is 0 Å². The number of rotatable bonds is 6. The molecular formula is C15H20ClN3. The molecular weight excluding hydrogens is 258 g/mol. The van der Waals surface area contributed by atoms with Crippen LogP contribution in [0.5, 0.6) is 0 Å². The SMILES string of the molecule is CCCN(CC1CC1)c1nc2ccccn2c1CCl. The molecule has 2 aromatic heterocycles. The van der Waals surface area contributed by atoms with E-state index in [2.05, 4.69) is 16.2 Å². The van der Waals surface area contributed by atoms with Crippen LogP contribution in [0.3, 0.4) is 0 Å². The van der Waals surface area contributed by atoms with Crippen molar-refractivity contribution < 1.29 is 0 Å². The first-order valence-electron chi connectivity index (χ1n) is 7.10. The van der Waals surface area contributed by atoms with Crippen LogP contribution in [-0.2, 0) is 5.88 Å². The molecule has 3 rings (SSSR count). The van der Waals surface area contributed by atoms with Crippen molar-refractivity contribution in [1.82, 2.24) is 9.38 Å². The summed E-state index contributed by atoms with van der Waals surface area (Å²) in [7, 11) is 0. The fourth-order valence-electron chi connectivity index (χ4n) is 2.58. The number of hydrogen-bond donors (Lipinski definition) is 0. The van der Waals surface area contributed by atoms with E-state index in [1.807, 2.05) is 24.4 Å². The highest BCUT2D eigenvalue weighted by Gasteiger charge is 2.26. The van der Waals surface area contributed by atoms with E-state index in [0.717, 1.165) is 42.6 Å². The summed E-state index contributed by atoms with van der Waals surface area (Å²) in [6.45, 7) is 4.40. The van der Waals surface area contributed by atoms with E-state index in [-0.39, 0.29) is 0 Å². The van der Waals surface area contributed by atoms with Crippen LogP contribution < -0.4 is 4.90 Å². The molecule has 0 spiro atoms. The second-order valence-corrected chi connectivity index (χ2v) is 5.60. The summed E-state index contributed by atoms with van der Waals surface area (Å²) in [6, 6.07) is 6.09. The highest BCUT2D eigenvalue weighted by Crippen LogP contribution is 2.32. The molecule has 0 aliphatic heterocycles. The van der Waals surface area contributed by atoms with E-state index in [1.165, 1.54) is 12.8 Å². The molecule has 0 bridgehead atoms. The molecule has 1 saturated carbocycles. The molecule has 0 N–H and O–H groups in total. The number of nitrogens with zero attached hydrogens (tertiary/aromatic N) is 3. The first-order valence-corrected chi connectivity index (χ1v) is 7.63. The number of pyridine rings is 1. The van der Waals surface area contributed by atoms with Gasteiger partial charge in [-0.25, -0.2) is 4.98 Å². The number of alkyl halides is 1. The van der Waals surface area contributed by atoms with Crippen LogP contribution in [0.15, 0.2) is 24.4 Å². The monoisotopic (exact) mass is 277 g/mol. The van der Waals surface area contributed by atoms with Gasteiger partial charge < -0.3 is 9.30 Å². The maximum Gasteiger partial charge on any atom is 0.152 e. The molecule has 19 heavy (non-hydrogen) atoms. The van der Waals surface area contributed by atoms with Gasteiger partial charge in [0.25, 0.3) is 0 Å². The summed E-state index contributed by atoms with van der Waals surface area (Å²) in [5.74, 6) is 2.44. The summed E-state index contributed by atoms with van der Waals surface area (Å²) >= 11 is 6.16. The van der Waals surface area contributed by atoms with Crippen molar-refractivity contribution in [2.45, 2.75) is 32.1 Å². The van der Waals surface area contributed by atoms with Gasteiger partial charge in [0.1, 0.15) is 5.65 Å². The third kappa shape index (κ3) is 2.57. The number of imidazole rings is 1. The molecule has 2 aromatic rings. The third-order valence-corrected chi connectivity index (χ3v) is 3.96. The van der Waals surface area contributed by atoms with Crippen LogP contribution >= 0.6 is 11.6 Å². The van der Waals surface area contributed by atoms with Gasteiger partial charge in [0.15, 0.2) is 5.82 Å². The van der Waals surface area contributed by atoms with Gasteiger partial charge in [-0.05, 0) is 37.3 Å². The lowest BCUT2D eigenvalue weighted by atomic mass is 10.3. The molecule has 0 atom stereocenters. The van der Waals surface area contributed by atoms with Gasteiger partial charge in [-0.3, -0.25) is 0 Å². The lowest BCUT2D eigenvalue weighted by Gasteiger charge is -2.22. The smallest absolute Gasteiger partial charge is 0.152 e. The van der Waals surface area contributed by atoms with E-state index in [4.69, 9.17) is 16.6 Å². The molecule has 2 heterocycles. The van der Waals surface area contributed by atoms with E-state index in [0.29, 0.717) is 5.88 Å². The standard InChI is InChI=1S/C15H20ClN3/c1-2-8-18(11-12-6-7-12)15-13(10-16)19-9-4-3-5-14(19)17-15/h3-5,9,12H,2,6-8,10-11H2,1H3. The summed E-state index contributed by atoms with van der Waals surface area (Å²) in [6.07, 6.45) is 5.92. The van der Waals surface area contributed by atoms with E-state index in [9.17, 15) is 0 Å². The van der Waals surface area contributed by atoms with Gasteiger partial charge in [0.2, 0.25) is 0 Å². The van der Waals surface area contributed by atoms with Crippen molar-refractivity contribution in [3.8, 4) is 0 Å². The minimum absolute atomic E-state index is 0.505. The molecule has 102 valence electrons.